The lowest BCUT2D eigenvalue weighted by Gasteiger charge is -2.34. The zero-order valence-corrected chi connectivity index (χ0v) is 14.9. The molecule has 9 nitrogen and oxygen atoms in total. The van der Waals surface area contributed by atoms with Crippen molar-refractivity contribution in [3.05, 3.63) is 40.8 Å². The van der Waals surface area contributed by atoms with Gasteiger partial charge in [-0.15, -0.1) is 0 Å². The molecule has 9 heteroatoms. The molecule has 1 N–H and O–H groups in total. The molecular formula is C18H20N4O5. The Kier molecular flexibility index (Phi) is 5.11. The molecule has 0 aliphatic carbocycles. The van der Waals surface area contributed by atoms with E-state index in [1.54, 1.807) is 17.9 Å². The van der Waals surface area contributed by atoms with Crippen molar-refractivity contribution in [2.45, 2.75) is 6.92 Å². The van der Waals surface area contributed by atoms with Crippen molar-refractivity contribution in [1.29, 1.82) is 0 Å². The van der Waals surface area contributed by atoms with Crippen molar-refractivity contribution >= 4 is 35.0 Å². The van der Waals surface area contributed by atoms with Gasteiger partial charge in [0.25, 0.3) is 0 Å². The van der Waals surface area contributed by atoms with E-state index < -0.39 is 11.4 Å². The van der Waals surface area contributed by atoms with Gasteiger partial charge in [0, 0.05) is 50.8 Å². The molecule has 0 radical (unpaired) electrons. The van der Waals surface area contributed by atoms with E-state index in [9.17, 15) is 19.5 Å². The number of fused-ring (bicyclic) bond motifs is 1. The van der Waals surface area contributed by atoms with Crippen LogP contribution in [0.3, 0.4) is 0 Å². The number of piperazine rings is 1. The minimum Gasteiger partial charge on any atom is -0.477 e. The van der Waals surface area contributed by atoms with Gasteiger partial charge in [0.1, 0.15) is 11.4 Å². The maximum Gasteiger partial charge on any atom is 0.409 e. The van der Waals surface area contributed by atoms with Crippen LogP contribution < -0.4 is 10.3 Å². The van der Waals surface area contributed by atoms with Crippen LogP contribution in [0, 0.1) is 0 Å². The number of carboxylic acids is 1. The molecule has 0 atom stereocenters. The predicted molar refractivity (Wildman–Crippen MR) is 100 cm³/mol. The van der Waals surface area contributed by atoms with E-state index in [-0.39, 0.29) is 17.0 Å². The number of carbonyl (C=O) groups excluding carboxylic acids is 1. The average molecular weight is 372 g/mol. The number of rotatable bonds is 4. The quantitative estimate of drug-likeness (QED) is 0.866. The van der Waals surface area contributed by atoms with Gasteiger partial charge in [-0.25, -0.2) is 14.6 Å². The van der Waals surface area contributed by atoms with Crippen LogP contribution in [0.1, 0.15) is 17.3 Å². The highest BCUT2D eigenvalue weighted by Crippen LogP contribution is 2.20. The Hall–Kier alpha value is -3.36. The number of hydrogen-bond acceptors (Lipinski definition) is 6. The van der Waals surface area contributed by atoms with Gasteiger partial charge in [0.2, 0.25) is 5.43 Å². The number of carbonyl (C=O) groups is 2. The lowest BCUT2D eigenvalue weighted by Crippen LogP contribution is -2.49. The van der Waals surface area contributed by atoms with Crippen molar-refractivity contribution in [2.75, 3.05) is 37.7 Å². The smallest absolute Gasteiger partial charge is 0.409 e. The fourth-order valence-corrected chi connectivity index (χ4v) is 3.04. The van der Waals surface area contributed by atoms with Crippen LogP contribution in [-0.4, -0.2) is 64.4 Å². The third kappa shape index (κ3) is 3.48. The van der Waals surface area contributed by atoms with Gasteiger partial charge in [-0.05, 0) is 6.92 Å². The molecule has 3 heterocycles. The van der Waals surface area contributed by atoms with Crippen LogP contribution in [0.25, 0.3) is 17.1 Å². The highest BCUT2D eigenvalue weighted by Gasteiger charge is 2.23. The largest absolute Gasteiger partial charge is 0.477 e. The van der Waals surface area contributed by atoms with E-state index in [0.29, 0.717) is 44.1 Å². The molecule has 1 saturated heterocycles. The molecule has 0 bridgehead atoms. The monoisotopic (exact) mass is 372 g/mol. The number of hydrogen-bond donors (Lipinski definition) is 1. The summed E-state index contributed by atoms with van der Waals surface area (Å²) in [5.74, 6) is -0.652. The molecule has 1 fully saturated rings. The molecule has 142 valence electrons. The maximum absolute atomic E-state index is 12.4. The standard InChI is InChI=1S/C18H20N4O5/c1-3-20-11-13(17(24)25)16(23)12-10-19-15(9-14(12)20)21-5-7-22(8-6-21)18(26)27-4-2/h3,9-11H,1,4-8H2,2H3,(H,24,25). The molecule has 1 aliphatic rings. The molecular weight excluding hydrogens is 352 g/mol. The summed E-state index contributed by atoms with van der Waals surface area (Å²) in [6.07, 6.45) is 3.75. The van der Waals surface area contributed by atoms with E-state index in [4.69, 9.17) is 4.74 Å². The second-order valence-electron chi connectivity index (χ2n) is 6.00. The zero-order chi connectivity index (χ0) is 19.6. The fraction of sp³-hybridized carbons (Fsp3) is 0.333. The Morgan fingerprint density at radius 2 is 2.04 bits per heavy atom. The second-order valence-corrected chi connectivity index (χ2v) is 6.00. The van der Waals surface area contributed by atoms with Crippen LogP contribution in [-0.2, 0) is 4.74 Å². The normalized spacial score (nSPS) is 14.3. The van der Waals surface area contributed by atoms with Crippen LogP contribution in [0.4, 0.5) is 10.6 Å². The number of anilines is 1. The molecule has 2 aromatic heterocycles. The van der Waals surface area contributed by atoms with E-state index >= 15 is 0 Å². The summed E-state index contributed by atoms with van der Waals surface area (Å²) >= 11 is 0. The van der Waals surface area contributed by atoms with E-state index in [0.717, 1.165) is 0 Å². The third-order valence-corrected chi connectivity index (χ3v) is 4.46. The molecule has 0 aromatic carbocycles. The van der Waals surface area contributed by atoms with Crippen molar-refractivity contribution in [3.8, 4) is 0 Å². The number of amides is 1. The van der Waals surface area contributed by atoms with E-state index in [1.165, 1.54) is 23.2 Å². The van der Waals surface area contributed by atoms with Crippen molar-refractivity contribution in [2.24, 2.45) is 0 Å². The SMILES string of the molecule is C=Cn1cc(C(=O)O)c(=O)c2cnc(N3CCN(C(=O)OCC)CC3)cc21. The summed E-state index contributed by atoms with van der Waals surface area (Å²) < 4.78 is 6.51. The minimum atomic E-state index is -1.29. The van der Waals surface area contributed by atoms with E-state index in [1.807, 2.05) is 4.90 Å². The van der Waals surface area contributed by atoms with Gasteiger partial charge < -0.3 is 24.2 Å². The Morgan fingerprint density at radius 1 is 1.33 bits per heavy atom. The molecule has 1 aliphatic heterocycles. The van der Waals surface area contributed by atoms with Crippen molar-refractivity contribution in [1.82, 2.24) is 14.5 Å². The lowest BCUT2D eigenvalue weighted by molar-refractivity contribution is 0.0695. The number of nitrogens with zero attached hydrogens (tertiary/aromatic N) is 4. The Labute approximate surface area is 155 Å². The first-order valence-corrected chi connectivity index (χ1v) is 8.53. The summed E-state index contributed by atoms with van der Waals surface area (Å²) in [6.45, 7) is 7.93. The number of ether oxygens (including phenoxy) is 1. The highest BCUT2D eigenvalue weighted by atomic mass is 16.6. The van der Waals surface area contributed by atoms with E-state index in [2.05, 4.69) is 11.6 Å². The van der Waals surface area contributed by atoms with Crippen LogP contribution in [0.2, 0.25) is 0 Å². The number of carboxylic acid groups (broad SMARTS) is 1. The minimum absolute atomic E-state index is 0.212. The van der Waals surface area contributed by atoms with Gasteiger partial charge in [0.15, 0.2) is 0 Å². The Bertz CT molecular complexity index is 960. The molecule has 0 saturated carbocycles. The number of aromatic nitrogens is 2. The molecule has 1 amide bonds. The summed E-state index contributed by atoms with van der Waals surface area (Å²) in [5, 5.41) is 9.40. The summed E-state index contributed by atoms with van der Waals surface area (Å²) in [7, 11) is 0. The zero-order valence-electron chi connectivity index (χ0n) is 14.9. The lowest BCUT2D eigenvalue weighted by atomic mass is 10.1. The van der Waals surface area contributed by atoms with Crippen LogP contribution in [0.5, 0.6) is 0 Å². The van der Waals surface area contributed by atoms with Crippen LogP contribution >= 0.6 is 0 Å². The van der Waals surface area contributed by atoms with Crippen LogP contribution in [0.15, 0.2) is 29.8 Å². The topological polar surface area (TPSA) is 105 Å². The Balaban J connectivity index is 1.91. The third-order valence-electron chi connectivity index (χ3n) is 4.46. The molecule has 27 heavy (non-hydrogen) atoms. The summed E-state index contributed by atoms with van der Waals surface area (Å²) in [5.41, 5.74) is -0.389. The van der Waals surface area contributed by atoms with Gasteiger partial charge in [-0.2, -0.15) is 0 Å². The van der Waals surface area contributed by atoms with Gasteiger partial charge in [0.05, 0.1) is 17.5 Å². The van der Waals surface area contributed by atoms with Crippen molar-refractivity contribution in [3.63, 3.8) is 0 Å². The molecule has 3 rings (SSSR count). The predicted octanol–water partition coefficient (Wildman–Crippen LogP) is 1.47. The second kappa shape index (κ2) is 7.48. The number of aromatic carboxylic acids is 1. The molecule has 2 aromatic rings. The first kappa shape index (κ1) is 18.4. The van der Waals surface area contributed by atoms with Crippen molar-refractivity contribution < 1.29 is 19.4 Å². The molecule has 0 spiro atoms. The van der Waals surface area contributed by atoms with Gasteiger partial charge in [-0.3, -0.25) is 4.79 Å². The molecule has 0 unspecified atom stereocenters. The van der Waals surface area contributed by atoms with Gasteiger partial charge >= 0.3 is 12.1 Å². The summed E-state index contributed by atoms with van der Waals surface area (Å²) in [6, 6.07) is 1.73. The summed E-state index contributed by atoms with van der Waals surface area (Å²) in [4.78, 5) is 43.4. The van der Waals surface area contributed by atoms with Gasteiger partial charge in [-0.1, -0.05) is 6.58 Å². The fourth-order valence-electron chi connectivity index (χ4n) is 3.04. The maximum atomic E-state index is 12.4. The average Bonchev–Trinajstić information content (AvgIpc) is 2.68. The number of pyridine rings is 2. The Morgan fingerprint density at radius 3 is 2.63 bits per heavy atom. The highest BCUT2D eigenvalue weighted by molar-refractivity contribution is 5.93. The first-order valence-electron chi connectivity index (χ1n) is 8.53. The first-order chi connectivity index (χ1) is 13.0.